The number of methoxy groups -OCH3 is 1. The smallest absolute Gasteiger partial charge is 0.175 e. The molecule has 0 bridgehead atoms. The third-order valence-corrected chi connectivity index (χ3v) is 4.11. The van der Waals surface area contributed by atoms with Crippen molar-refractivity contribution in [3.63, 3.8) is 0 Å². The second kappa shape index (κ2) is 10.9. The summed E-state index contributed by atoms with van der Waals surface area (Å²) >= 11 is 3.53. The Labute approximate surface area is 137 Å². The van der Waals surface area contributed by atoms with Crippen LogP contribution in [0.5, 0.6) is 11.5 Å². The lowest BCUT2D eigenvalue weighted by atomic mass is 10.1. The molecule has 0 spiro atoms. The van der Waals surface area contributed by atoms with Gasteiger partial charge in [-0.3, -0.25) is 0 Å². The van der Waals surface area contributed by atoms with Crippen molar-refractivity contribution in [3.8, 4) is 11.5 Å². The van der Waals surface area contributed by atoms with Gasteiger partial charge in [-0.1, -0.05) is 45.4 Å². The van der Waals surface area contributed by atoms with Gasteiger partial charge in [-0.25, -0.2) is 0 Å². The highest BCUT2D eigenvalue weighted by Crippen LogP contribution is 2.36. The lowest BCUT2D eigenvalue weighted by Crippen LogP contribution is -2.03. The Bertz CT molecular complexity index is 410. The first kappa shape index (κ1) is 18.3. The zero-order chi connectivity index (χ0) is 15.5. The third kappa shape index (κ3) is 6.70. The van der Waals surface area contributed by atoms with Crippen LogP contribution < -0.4 is 15.2 Å². The highest BCUT2D eigenvalue weighted by atomic mass is 79.9. The zero-order valence-electron chi connectivity index (χ0n) is 13.3. The summed E-state index contributed by atoms with van der Waals surface area (Å²) in [5.41, 5.74) is 6.69. The standard InChI is InChI=1S/C17H28BrNO2/c1-3-4-5-6-7-8-9-10-21-17-15(18)11-14(13-19)12-16(17)20-2/h11-12H,3-10,13,19H2,1-2H3. The third-order valence-electron chi connectivity index (χ3n) is 3.52. The van der Waals surface area contributed by atoms with Crippen LogP contribution in [-0.4, -0.2) is 13.7 Å². The van der Waals surface area contributed by atoms with E-state index in [1.165, 1.54) is 38.5 Å². The molecule has 0 radical (unpaired) electrons. The van der Waals surface area contributed by atoms with Gasteiger partial charge in [0.25, 0.3) is 0 Å². The summed E-state index contributed by atoms with van der Waals surface area (Å²) in [6.45, 7) is 3.47. The van der Waals surface area contributed by atoms with E-state index >= 15 is 0 Å². The summed E-state index contributed by atoms with van der Waals surface area (Å²) in [7, 11) is 1.66. The van der Waals surface area contributed by atoms with Crippen molar-refractivity contribution in [2.75, 3.05) is 13.7 Å². The highest BCUT2D eigenvalue weighted by molar-refractivity contribution is 9.10. The lowest BCUT2D eigenvalue weighted by Gasteiger charge is -2.14. The van der Waals surface area contributed by atoms with Crippen molar-refractivity contribution < 1.29 is 9.47 Å². The van der Waals surface area contributed by atoms with Crippen LogP contribution >= 0.6 is 15.9 Å². The zero-order valence-corrected chi connectivity index (χ0v) is 14.9. The molecule has 0 saturated carbocycles. The number of hydrogen-bond donors (Lipinski definition) is 1. The maximum atomic E-state index is 5.87. The van der Waals surface area contributed by atoms with Crippen molar-refractivity contribution in [2.45, 2.75) is 58.4 Å². The molecule has 1 rings (SSSR count). The molecule has 120 valence electrons. The number of ether oxygens (including phenoxy) is 2. The molecule has 2 N–H and O–H groups in total. The van der Waals surface area contributed by atoms with Gasteiger partial charge in [0.15, 0.2) is 11.5 Å². The van der Waals surface area contributed by atoms with E-state index in [-0.39, 0.29) is 0 Å². The van der Waals surface area contributed by atoms with Crippen molar-refractivity contribution in [2.24, 2.45) is 5.73 Å². The lowest BCUT2D eigenvalue weighted by molar-refractivity contribution is 0.282. The van der Waals surface area contributed by atoms with Crippen LogP contribution in [0.25, 0.3) is 0 Å². The monoisotopic (exact) mass is 357 g/mol. The molecular formula is C17H28BrNO2. The number of rotatable bonds is 11. The Morgan fingerprint density at radius 1 is 1.05 bits per heavy atom. The van der Waals surface area contributed by atoms with Crippen molar-refractivity contribution in [1.82, 2.24) is 0 Å². The average Bonchev–Trinajstić information content (AvgIpc) is 2.50. The second-order valence-electron chi connectivity index (χ2n) is 5.28. The summed E-state index contributed by atoms with van der Waals surface area (Å²) in [6, 6.07) is 3.92. The Balaban J connectivity index is 2.34. The second-order valence-corrected chi connectivity index (χ2v) is 6.14. The number of hydrogen-bond acceptors (Lipinski definition) is 3. The van der Waals surface area contributed by atoms with E-state index in [0.717, 1.165) is 34.6 Å². The minimum Gasteiger partial charge on any atom is -0.493 e. The Hall–Kier alpha value is -0.740. The summed E-state index contributed by atoms with van der Waals surface area (Å²) in [4.78, 5) is 0. The van der Waals surface area contributed by atoms with E-state index < -0.39 is 0 Å². The molecule has 1 aromatic rings. The highest BCUT2D eigenvalue weighted by Gasteiger charge is 2.11. The largest absolute Gasteiger partial charge is 0.493 e. The summed E-state index contributed by atoms with van der Waals surface area (Å²) in [5.74, 6) is 1.52. The number of nitrogens with two attached hydrogens (primary N) is 1. The van der Waals surface area contributed by atoms with Crippen molar-refractivity contribution in [3.05, 3.63) is 22.2 Å². The maximum absolute atomic E-state index is 5.87. The molecule has 0 unspecified atom stereocenters. The molecule has 0 amide bonds. The molecule has 4 heteroatoms. The van der Waals surface area contributed by atoms with E-state index in [1.807, 2.05) is 12.1 Å². The molecule has 0 aliphatic heterocycles. The van der Waals surface area contributed by atoms with E-state index in [0.29, 0.717) is 6.54 Å². The van der Waals surface area contributed by atoms with Gasteiger partial charge in [0.2, 0.25) is 0 Å². The summed E-state index contributed by atoms with van der Waals surface area (Å²) in [5, 5.41) is 0. The van der Waals surface area contributed by atoms with Gasteiger partial charge in [0.1, 0.15) is 0 Å². The predicted octanol–water partition coefficient (Wildman–Crippen LogP) is 5.05. The Kier molecular flexibility index (Phi) is 9.51. The molecule has 0 heterocycles. The average molecular weight is 358 g/mol. The first-order valence-electron chi connectivity index (χ1n) is 7.92. The first-order valence-corrected chi connectivity index (χ1v) is 8.71. The molecule has 0 saturated heterocycles. The van der Waals surface area contributed by atoms with Gasteiger partial charge in [-0.05, 0) is 40.0 Å². The molecule has 0 aliphatic carbocycles. The van der Waals surface area contributed by atoms with Crippen LogP contribution in [0.15, 0.2) is 16.6 Å². The molecule has 0 aliphatic rings. The fourth-order valence-corrected chi connectivity index (χ4v) is 2.87. The Morgan fingerprint density at radius 3 is 2.33 bits per heavy atom. The normalized spacial score (nSPS) is 10.7. The van der Waals surface area contributed by atoms with Crippen LogP contribution in [0.4, 0.5) is 0 Å². The van der Waals surface area contributed by atoms with Gasteiger partial charge < -0.3 is 15.2 Å². The molecule has 3 nitrogen and oxygen atoms in total. The van der Waals surface area contributed by atoms with Gasteiger partial charge >= 0.3 is 0 Å². The minimum atomic E-state index is 0.493. The van der Waals surface area contributed by atoms with Crippen LogP contribution in [-0.2, 0) is 6.54 Å². The Morgan fingerprint density at radius 2 is 1.71 bits per heavy atom. The molecule has 0 fully saturated rings. The molecule has 0 aromatic heterocycles. The van der Waals surface area contributed by atoms with Crippen LogP contribution in [0.1, 0.15) is 57.4 Å². The fourth-order valence-electron chi connectivity index (χ4n) is 2.26. The van der Waals surface area contributed by atoms with Gasteiger partial charge in [0.05, 0.1) is 18.2 Å². The van der Waals surface area contributed by atoms with Crippen molar-refractivity contribution in [1.29, 1.82) is 0 Å². The van der Waals surface area contributed by atoms with Gasteiger partial charge in [0, 0.05) is 6.54 Å². The van der Waals surface area contributed by atoms with E-state index in [4.69, 9.17) is 15.2 Å². The number of unbranched alkanes of at least 4 members (excludes halogenated alkanes) is 6. The summed E-state index contributed by atoms with van der Waals surface area (Å²) < 4.78 is 12.2. The maximum Gasteiger partial charge on any atom is 0.175 e. The van der Waals surface area contributed by atoms with E-state index in [2.05, 4.69) is 22.9 Å². The molecule has 1 aromatic carbocycles. The fraction of sp³-hybridized carbons (Fsp3) is 0.647. The predicted molar refractivity (Wildman–Crippen MR) is 92.1 cm³/mol. The minimum absolute atomic E-state index is 0.493. The van der Waals surface area contributed by atoms with Gasteiger partial charge in [-0.15, -0.1) is 0 Å². The van der Waals surface area contributed by atoms with E-state index in [1.54, 1.807) is 7.11 Å². The number of benzene rings is 1. The SMILES string of the molecule is CCCCCCCCCOc1c(Br)cc(CN)cc1OC. The van der Waals surface area contributed by atoms with Crippen LogP contribution in [0, 0.1) is 0 Å². The summed E-state index contributed by atoms with van der Waals surface area (Å²) in [6.07, 6.45) is 8.96. The van der Waals surface area contributed by atoms with Crippen LogP contribution in [0.3, 0.4) is 0 Å². The molecule has 0 atom stereocenters. The van der Waals surface area contributed by atoms with Crippen molar-refractivity contribution >= 4 is 15.9 Å². The molecular weight excluding hydrogens is 330 g/mol. The quantitative estimate of drug-likeness (QED) is 0.563. The van der Waals surface area contributed by atoms with E-state index in [9.17, 15) is 0 Å². The number of halogens is 1. The molecule has 21 heavy (non-hydrogen) atoms. The first-order chi connectivity index (χ1) is 10.2. The van der Waals surface area contributed by atoms with Gasteiger partial charge in [-0.2, -0.15) is 0 Å². The van der Waals surface area contributed by atoms with Crippen LogP contribution in [0.2, 0.25) is 0 Å². The topological polar surface area (TPSA) is 44.5 Å².